The molecule has 0 aromatic carbocycles. The van der Waals surface area contributed by atoms with E-state index in [4.69, 9.17) is 0 Å². The van der Waals surface area contributed by atoms with Crippen molar-refractivity contribution in [3.05, 3.63) is 31.7 Å². The SMILES string of the molecule is Cc1nc(Br)cc(-c2cscc2Br)n1. The summed E-state index contributed by atoms with van der Waals surface area (Å²) in [5.41, 5.74) is 2.05. The van der Waals surface area contributed by atoms with Gasteiger partial charge in [0.15, 0.2) is 0 Å². The van der Waals surface area contributed by atoms with Crippen molar-refractivity contribution < 1.29 is 0 Å². The monoisotopic (exact) mass is 332 g/mol. The van der Waals surface area contributed by atoms with Gasteiger partial charge in [0.25, 0.3) is 0 Å². The molecule has 0 radical (unpaired) electrons. The van der Waals surface area contributed by atoms with Crippen molar-refractivity contribution in [2.24, 2.45) is 0 Å². The van der Waals surface area contributed by atoms with E-state index in [9.17, 15) is 0 Å². The van der Waals surface area contributed by atoms with Crippen LogP contribution in [0.5, 0.6) is 0 Å². The molecule has 0 aliphatic carbocycles. The van der Waals surface area contributed by atoms with Crippen LogP contribution < -0.4 is 0 Å². The molecule has 2 aromatic heterocycles. The lowest BCUT2D eigenvalue weighted by atomic mass is 10.2. The molecule has 2 heterocycles. The molecule has 2 aromatic rings. The highest BCUT2D eigenvalue weighted by Gasteiger charge is 2.07. The van der Waals surface area contributed by atoms with Crippen LogP contribution in [-0.4, -0.2) is 9.97 Å². The number of aromatic nitrogens is 2. The van der Waals surface area contributed by atoms with E-state index in [2.05, 4.69) is 47.2 Å². The molecule has 0 aliphatic rings. The third kappa shape index (κ3) is 2.04. The number of aryl methyl sites for hydroxylation is 1. The van der Waals surface area contributed by atoms with E-state index in [1.54, 1.807) is 11.3 Å². The molecular formula is C9H6Br2N2S. The van der Waals surface area contributed by atoms with Gasteiger partial charge in [-0.1, -0.05) is 0 Å². The van der Waals surface area contributed by atoms with Crippen molar-refractivity contribution in [2.45, 2.75) is 6.92 Å². The van der Waals surface area contributed by atoms with Crippen LogP contribution in [0, 0.1) is 6.92 Å². The molecule has 2 nitrogen and oxygen atoms in total. The number of thiophene rings is 1. The lowest BCUT2D eigenvalue weighted by Crippen LogP contribution is -1.90. The summed E-state index contributed by atoms with van der Waals surface area (Å²) in [6.45, 7) is 1.88. The molecule has 0 N–H and O–H groups in total. The Morgan fingerprint density at radius 2 is 2.00 bits per heavy atom. The molecule has 0 spiro atoms. The Morgan fingerprint density at radius 3 is 2.57 bits per heavy atom. The molecule has 0 atom stereocenters. The van der Waals surface area contributed by atoms with Crippen molar-refractivity contribution in [1.82, 2.24) is 9.97 Å². The van der Waals surface area contributed by atoms with E-state index in [0.717, 1.165) is 26.2 Å². The average Bonchev–Trinajstić information content (AvgIpc) is 2.49. The van der Waals surface area contributed by atoms with Gasteiger partial charge < -0.3 is 0 Å². The molecule has 72 valence electrons. The van der Waals surface area contributed by atoms with Gasteiger partial charge >= 0.3 is 0 Å². The Hall–Kier alpha value is -0.260. The summed E-state index contributed by atoms with van der Waals surface area (Å²) in [5.74, 6) is 0.771. The lowest BCUT2D eigenvalue weighted by molar-refractivity contribution is 1.04. The van der Waals surface area contributed by atoms with Crippen molar-refractivity contribution in [1.29, 1.82) is 0 Å². The minimum atomic E-state index is 0.771. The van der Waals surface area contributed by atoms with Gasteiger partial charge in [-0.15, -0.1) is 0 Å². The van der Waals surface area contributed by atoms with Gasteiger partial charge in [-0.25, -0.2) is 9.97 Å². The molecule has 14 heavy (non-hydrogen) atoms. The van der Waals surface area contributed by atoms with Gasteiger partial charge in [-0.05, 0) is 44.8 Å². The number of hydrogen-bond acceptors (Lipinski definition) is 3. The molecule has 0 unspecified atom stereocenters. The minimum absolute atomic E-state index is 0.771. The summed E-state index contributed by atoms with van der Waals surface area (Å²) < 4.78 is 1.89. The Morgan fingerprint density at radius 1 is 1.21 bits per heavy atom. The van der Waals surface area contributed by atoms with Crippen LogP contribution in [0.4, 0.5) is 0 Å². The molecule has 0 bridgehead atoms. The minimum Gasteiger partial charge on any atom is -0.233 e. The number of hydrogen-bond donors (Lipinski definition) is 0. The zero-order valence-electron chi connectivity index (χ0n) is 7.29. The fourth-order valence-corrected chi connectivity index (χ4v) is 3.10. The highest BCUT2D eigenvalue weighted by Crippen LogP contribution is 2.31. The quantitative estimate of drug-likeness (QED) is 0.736. The topological polar surface area (TPSA) is 25.8 Å². The maximum absolute atomic E-state index is 4.37. The second-order valence-corrected chi connectivity index (χ2v) is 5.17. The molecular weight excluding hydrogens is 328 g/mol. The van der Waals surface area contributed by atoms with Crippen molar-refractivity contribution >= 4 is 43.2 Å². The van der Waals surface area contributed by atoms with Crippen LogP contribution >= 0.6 is 43.2 Å². The van der Waals surface area contributed by atoms with Crippen molar-refractivity contribution in [3.63, 3.8) is 0 Å². The third-order valence-electron chi connectivity index (χ3n) is 1.70. The van der Waals surface area contributed by atoms with E-state index in [1.807, 2.05) is 18.4 Å². The van der Waals surface area contributed by atoms with Gasteiger partial charge in [0.05, 0.1) is 5.69 Å². The Bertz CT molecular complexity index is 447. The second-order valence-electron chi connectivity index (χ2n) is 2.76. The summed E-state index contributed by atoms with van der Waals surface area (Å²) in [6, 6.07) is 1.92. The van der Waals surface area contributed by atoms with E-state index >= 15 is 0 Å². The maximum Gasteiger partial charge on any atom is 0.127 e. The van der Waals surface area contributed by atoms with E-state index in [1.165, 1.54) is 0 Å². The van der Waals surface area contributed by atoms with E-state index < -0.39 is 0 Å². The van der Waals surface area contributed by atoms with Crippen molar-refractivity contribution in [2.75, 3.05) is 0 Å². The first-order valence-electron chi connectivity index (χ1n) is 3.90. The molecule has 0 fully saturated rings. The van der Waals surface area contributed by atoms with Gasteiger partial charge in [0.2, 0.25) is 0 Å². The summed E-state index contributed by atoms with van der Waals surface area (Å²) in [5, 5.41) is 4.11. The molecule has 5 heteroatoms. The summed E-state index contributed by atoms with van der Waals surface area (Å²) in [4.78, 5) is 8.54. The average molecular weight is 334 g/mol. The van der Waals surface area contributed by atoms with Crippen LogP contribution in [0.1, 0.15) is 5.82 Å². The molecule has 0 amide bonds. The molecule has 0 saturated heterocycles. The Balaban J connectivity index is 2.57. The number of rotatable bonds is 1. The fraction of sp³-hybridized carbons (Fsp3) is 0.111. The standard InChI is InChI=1S/C9H6Br2N2S/c1-5-12-8(2-9(11)13-5)6-3-14-4-7(6)10/h2-4H,1H3. The summed E-state index contributed by atoms with van der Waals surface area (Å²) in [7, 11) is 0. The molecule has 0 aliphatic heterocycles. The van der Waals surface area contributed by atoms with Crippen molar-refractivity contribution in [3.8, 4) is 11.3 Å². The fourth-order valence-electron chi connectivity index (χ4n) is 1.13. The van der Waals surface area contributed by atoms with Crippen LogP contribution in [0.3, 0.4) is 0 Å². The van der Waals surface area contributed by atoms with Crippen LogP contribution in [-0.2, 0) is 0 Å². The first-order valence-corrected chi connectivity index (χ1v) is 6.43. The van der Waals surface area contributed by atoms with Gasteiger partial charge in [0, 0.05) is 20.8 Å². The second kappa shape index (κ2) is 4.08. The Kier molecular flexibility index (Phi) is 2.99. The largest absolute Gasteiger partial charge is 0.233 e. The lowest BCUT2D eigenvalue weighted by Gasteiger charge is -2.00. The normalized spacial score (nSPS) is 10.5. The van der Waals surface area contributed by atoms with Crippen LogP contribution in [0.25, 0.3) is 11.3 Å². The van der Waals surface area contributed by atoms with Gasteiger partial charge in [-0.3, -0.25) is 0 Å². The smallest absolute Gasteiger partial charge is 0.127 e. The summed E-state index contributed by atoms with van der Waals surface area (Å²) in [6.07, 6.45) is 0. The predicted octanol–water partition coefficient (Wildman–Crippen LogP) is 4.04. The summed E-state index contributed by atoms with van der Waals surface area (Å²) >= 11 is 8.50. The Labute approximate surface area is 103 Å². The van der Waals surface area contributed by atoms with E-state index in [0.29, 0.717) is 0 Å². The maximum atomic E-state index is 4.37. The zero-order valence-corrected chi connectivity index (χ0v) is 11.3. The highest BCUT2D eigenvalue weighted by molar-refractivity contribution is 9.10. The number of nitrogens with zero attached hydrogens (tertiary/aromatic N) is 2. The van der Waals surface area contributed by atoms with Gasteiger partial charge in [0.1, 0.15) is 10.4 Å². The zero-order chi connectivity index (χ0) is 10.1. The predicted molar refractivity (Wildman–Crippen MR) is 65.5 cm³/mol. The molecule has 0 saturated carbocycles. The third-order valence-corrected chi connectivity index (χ3v) is 3.81. The van der Waals surface area contributed by atoms with Crippen LogP contribution in [0.15, 0.2) is 25.9 Å². The van der Waals surface area contributed by atoms with E-state index in [-0.39, 0.29) is 0 Å². The first kappa shape index (κ1) is 10.3. The highest BCUT2D eigenvalue weighted by atomic mass is 79.9. The first-order chi connectivity index (χ1) is 6.66. The van der Waals surface area contributed by atoms with Gasteiger partial charge in [-0.2, -0.15) is 11.3 Å². The number of halogens is 2. The van der Waals surface area contributed by atoms with Crippen LogP contribution in [0.2, 0.25) is 0 Å². The molecule has 2 rings (SSSR count).